The molecule has 0 aliphatic carbocycles. The predicted molar refractivity (Wildman–Crippen MR) is 130 cm³/mol. The molecule has 3 aromatic carbocycles. The van der Waals surface area contributed by atoms with E-state index in [1.807, 2.05) is 36.4 Å². The molecule has 0 amide bonds. The van der Waals surface area contributed by atoms with Crippen LogP contribution in [0.4, 0.5) is 5.69 Å². The number of aromatic nitrogens is 1. The van der Waals surface area contributed by atoms with Crippen LogP contribution in [0.15, 0.2) is 60.7 Å². The van der Waals surface area contributed by atoms with E-state index in [-0.39, 0.29) is 13.0 Å². The largest absolute Gasteiger partial charge is 0.492 e. The van der Waals surface area contributed by atoms with Gasteiger partial charge in [0.1, 0.15) is 18.6 Å². The number of aliphatic hydroxyl groups is 2. The molecule has 0 fully saturated rings. The lowest BCUT2D eigenvalue weighted by atomic mass is 10.1. The van der Waals surface area contributed by atoms with E-state index in [2.05, 4.69) is 21.1 Å². The molecule has 0 saturated carbocycles. The van der Waals surface area contributed by atoms with Crippen LogP contribution < -0.4 is 14.8 Å². The van der Waals surface area contributed by atoms with Crippen molar-refractivity contribution in [1.82, 2.24) is 10.3 Å². The summed E-state index contributed by atoms with van der Waals surface area (Å²) in [6.45, 7) is 0.503. The minimum absolute atomic E-state index is 0.269. The Bertz CT molecular complexity index is 1370. The molecule has 0 bridgehead atoms. The summed E-state index contributed by atoms with van der Waals surface area (Å²) in [5.41, 5.74) is 3.58. The Balaban J connectivity index is 1.30. The van der Waals surface area contributed by atoms with Crippen molar-refractivity contribution in [3.63, 3.8) is 0 Å². The van der Waals surface area contributed by atoms with Crippen molar-refractivity contribution < 1.29 is 23.4 Å². The SMILES string of the molecule is CS(=O)(=O)Nc1cc(CC(O)NCCOc2ccc3c(c2)[nH]c2ccccc23)ccc1CO. The van der Waals surface area contributed by atoms with E-state index in [0.717, 1.165) is 34.0 Å². The number of fused-ring (bicyclic) bond motifs is 3. The van der Waals surface area contributed by atoms with Crippen LogP contribution in [0.5, 0.6) is 5.75 Å². The van der Waals surface area contributed by atoms with Gasteiger partial charge in [-0.15, -0.1) is 0 Å². The number of aliphatic hydroxyl groups excluding tert-OH is 2. The van der Waals surface area contributed by atoms with Gasteiger partial charge in [0, 0.05) is 40.9 Å². The quantitative estimate of drug-likeness (QED) is 0.180. The van der Waals surface area contributed by atoms with Crippen molar-refractivity contribution in [3.05, 3.63) is 71.8 Å². The molecule has 0 spiro atoms. The Morgan fingerprint density at radius 2 is 1.82 bits per heavy atom. The van der Waals surface area contributed by atoms with E-state index in [1.54, 1.807) is 18.2 Å². The van der Waals surface area contributed by atoms with Crippen LogP contribution in [0.2, 0.25) is 0 Å². The van der Waals surface area contributed by atoms with Gasteiger partial charge in [0.05, 0.1) is 24.1 Å². The van der Waals surface area contributed by atoms with Crippen molar-refractivity contribution >= 4 is 37.5 Å². The highest BCUT2D eigenvalue weighted by molar-refractivity contribution is 7.92. The maximum Gasteiger partial charge on any atom is 0.229 e. The highest BCUT2D eigenvalue weighted by atomic mass is 32.2. The summed E-state index contributed by atoms with van der Waals surface area (Å²) >= 11 is 0. The number of aromatic amines is 1. The lowest BCUT2D eigenvalue weighted by Crippen LogP contribution is -2.34. The minimum Gasteiger partial charge on any atom is -0.492 e. The number of benzene rings is 3. The second-order valence-electron chi connectivity index (χ2n) is 7.92. The van der Waals surface area contributed by atoms with E-state index in [0.29, 0.717) is 24.4 Å². The third-order valence-electron chi connectivity index (χ3n) is 5.30. The van der Waals surface area contributed by atoms with Crippen LogP contribution >= 0.6 is 0 Å². The molecule has 1 heterocycles. The van der Waals surface area contributed by atoms with Crippen LogP contribution in [0.25, 0.3) is 21.8 Å². The number of H-pyrrole nitrogens is 1. The molecular formula is C24H27N3O5S. The van der Waals surface area contributed by atoms with Gasteiger partial charge in [-0.2, -0.15) is 0 Å². The third-order valence-corrected chi connectivity index (χ3v) is 5.89. The topological polar surface area (TPSA) is 124 Å². The van der Waals surface area contributed by atoms with Crippen LogP contribution in [-0.2, 0) is 23.1 Å². The monoisotopic (exact) mass is 469 g/mol. The zero-order chi connectivity index (χ0) is 23.4. The van der Waals surface area contributed by atoms with Gasteiger partial charge in [0.2, 0.25) is 10.0 Å². The molecule has 0 radical (unpaired) electrons. The smallest absolute Gasteiger partial charge is 0.229 e. The van der Waals surface area contributed by atoms with Crippen molar-refractivity contribution in [2.24, 2.45) is 0 Å². The average molecular weight is 470 g/mol. The summed E-state index contributed by atoms with van der Waals surface area (Å²) in [6.07, 6.45) is 0.481. The number of sulfonamides is 1. The van der Waals surface area contributed by atoms with Gasteiger partial charge in [-0.25, -0.2) is 8.42 Å². The summed E-state index contributed by atoms with van der Waals surface area (Å²) in [7, 11) is -3.48. The molecule has 0 aliphatic heterocycles. The number of para-hydroxylation sites is 1. The first-order valence-electron chi connectivity index (χ1n) is 10.6. The Labute approximate surface area is 192 Å². The minimum atomic E-state index is -3.48. The number of rotatable bonds is 10. The Morgan fingerprint density at radius 1 is 1.03 bits per heavy atom. The molecule has 4 rings (SSSR count). The second-order valence-corrected chi connectivity index (χ2v) is 9.67. The molecule has 8 nitrogen and oxygen atoms in total. The molecule has 174 valence electrons. The van der Waals surface area contributed by atoms with Gasteiger partial charge >= 0.3 is 0 Å². The molecule has 33 heavy (non-hydrogen) atoms. The Kier molecular flexibility index (Phi) is 6.85. The summed E-state index contributed by atoms with van der Waals surface area (Å²) in [5.74, 6) is 0.737. The van der Waals surface area contributed by atoms with Crippen LogP contribution in [0.1, 0.15) is 11.1 Å². The zero-order valence-electron chi connectivity index (χ0n) is 18.2. The zero-order valence-corrected chi connectivity index (χ0v) is 19.0. The maximum atomic E-state index is 11.5. The highest BCUT2D eigenvalue weighted by Crippen LogP contribution is 2.28. The predicted octanol–water partition coefficient (Wildman–Crippen LogP) is 2.71. The van der Waals surface area contributed by atoms with Gasteiger partial charge in [-0.3, -0.25) is 10.0 Å². The number of hydrogen-bond acceptors (Lipinski definition) is 6. The molecule has 1 atom stereocenters. The molecule has 5 N–H and O–H groups in total. The molecule has 4 aromatic rings. The lowest BCUT2D eigenvalue weighted by molar-refractivity contribution is 0.130. The standard InChI is InChI=1S/C24H27N3O5S/c1-33(30,31)27-22-12-16(6-7-17(22)15-28)13-24(29)25-10-11-32-18-8-9-20-19-4-2-3-5-21(19)26-23(20)14-18/h2-9,12,14,24-29H,10-11,13,15H2,1H3. The van der Waals surface area contributed by atoms with E-state index < -0.39 is 16.3 Å². The lowest BCUT2D eigenvalue weighted by Gasteiger charge is -2.15. The number of hydrogen-bond donors (Lipinski definition) is 5. The van der Waals surface area contributed by atoms with Gasteiger partial charge in [-0.05, 0) is 29.8 Å². The summed E-state index contributed by atoms with van der Waals surface area (Å²) < 4.78 is 31.3. The Hall–Kier alpha value is -3.11. The normalized spacial score (nSPS) is 12.8. The molecule has 1 aromatic heterocycles. The fraction of sp³-hybridized carbons (Fsp3) is 0.250. The highest BCUT2D eigenvalue weighted by Gasteiger charge is 2.11. The van der Waals surface area contributed by atoms with E-state index in [1.165, 1.54) is 5.39 Å². The van der Waals surface area contributed by atoms with Crippen LogP contribution in [-0.4, -0.2) is 49.3 Å². The first-order valence-corrected chi connectivity index (χ1v) is 12.5. The van der Waals surface area contributed by atoms with Crippen molar-refractivity contribution in [2.45, 2.75) is 19.3 Å². The van der Waals surface area contributed by atoms with Gasteiger partial charge in [0.15, 0.2) is 0 Å². The van der Waals surface area contributed by atoms with Gasteiger partial charge in [-0.1, -0.05) is 30.3 Å². The number of anilines is 1. The van der Waals surface area contributed by atoms with Gasteiger partial charge < -0.3 is 19.9 Å². The van der Waals surface area contributed by atoms with E-state index in [9.17, 15) is 18.6 Å². The first kappa shape index (κ1) is 23.1. The van der Waals surface area contributed by atoms with E-state index >= 15 is 0 Å². The summed E-state index contributed by atoms with van der Waals surface area (Å²) in [5, 5.41) is 25.0. The van der Waals surface area contributed by atoms with Crippen molar-refractivity contribution in [2.75, 3.05) is 24.1 Å². The number of ether oxygens (including phenoxy) is 1. The van der Waals surface area contributed by atoms with Crippen LogP contribution in [0, 0.1) is 0 Å². The molecular weight excluding hydrogens is 442 g/mol. The van der Waals surface area contributed by atoms with Gasteiger partial charge in [0.25, 0.3) is 0 Å². The average Bonchev–Trinajstić information content (AvgIpc) is 3.14. The van der Waals surface area contributed by atoms with Crippen molar-refractivity contribution in [3.8, 4) is 5.75 Å². The summed E-state index contributed by atoms with van der Waals surface area (Å²) in [6, 6.07) is 19.1. The first-order chi connectivity index (χ1) is 15.8. The summed E-state index contributed by atoms with van der Waals surface area (Å²) in [4.78, 5) is 3.39. The fourth-order valence-electron chi connectivity index (χ4n) is 3.80. The molecule has 9 heteroatoms. The second kappa shape index (κ2) is 9.80. The molecule has 0 aliphatic rings. The molecule has 0 saturated heterocycles. The van der Waals surface area contributed by atoms with Crippen LogP contribution in [0.3, 0.4) is 0 Å². The van der Waals surface area contributed by atoms with E-state index in [4.69, 9.17) is 4.74 Å². The Morgan fingerprint density at radius 3 is 2.61 bits per heavy atom. The third kappa shape index (κ3) is 5.82. The number of nitrogens with one attached hydrogen (secondary N) is 3. The molecule has 1 unspecified atom stereocenters. The van der Waals surface area contributed by atoms with Crippen molar-refractivity contribution in [1.29, 1.82) is 0 Å². The fourth-order valence-corrected chi connectivity index (χ4v) is 4.39. The maximum absolute atomic E-state index is 11.5.